The van der Waals surface area contributed by atoms with Crippen molar-refractivity contribution in [2.75, 3.05) is 6.61 Å². The van der Waals surface area contributed by atoms with E-state index in [9.17, 15) is 9.59 Å². The van der Waals surface area contributed by atoms with Crippen molar-refractivity contribution in [1.29, 1.82) is 0 Å². The molecule has 0 saturated carbocycles. The molecule has 2 aromatic rings. The van der Waals surface area contributed by atoms with Crippen LogP contribution in [0.25, 0.3) is 0 Å². The molecule has 0 amide bonds. The Hall–Kier alpha value is -2.62. The molecule has 0 radical (unpaired) electrons. The Morgan fingerprint density at radius 1 is 0.970 bits per heavy atom. The molecule has 4 heteroatoms. The Morgan fingerprint density at radius 2 is 1.64 bits per heavy atom. The standard InChI is InChI=1S/C29H40O4/c1-8-11-13-24(28(31)32-10-3)25-19-23(29(5,6)7)18-20(4)26(25)33-27(30)22-16-14-21(12-9-2)15-17-22/h14-19,24H,8-13H2,1-7H3. The fourth-order valence-corrected chi connectivity index (χ4v) is 3.93. The van der Waals surface area contributed by atoms with Gasteiger partial charge in [0, 0.05) is 5.56 Å². The van der Waals surface area contributed by atoms with E-state index in [1.54, 1.807) is 0 Å². The summed E-state index contributed by atoms with van der Waals surface area (Å²) in [7, 11) is 0. The SMILES string of the molecule is CCCCC(C(=O)OCC)c1cc(C(C)(C)C)cc(C)c1OC(=O)c1ccc(CCC)cc1. The molecule has 0 spiro atoms. The summed E-state index contributed by atoms with van der Waals surface area (Å²) in [4.78, 5) is 26.0. The van der Waals surface area contributed by atoms with Gasteiger partial charge in [0.1, 0.15) is 5.75 Å². The molecule has 0 aliphatic carbocycles. The van der Waals surface area contributed by atoms with Gasteiger partial charge in [-0.25, -0.2) is 4.79 Å². The molecule has 180 valence electrons. The van der Waals surface area contributed by atoms with Gasteiger partial charge in [-0.3, -0.25) is 4.79 Å². The van der Waals surface area contributed by atoms with E-state index in [0.717, 1.165) is 42.4 Å². The lowest BCUT2D eigenvalue weighted by Crippen LogP contribution is -2.21. The van der Waals surface area contributed by atoms with Crippen molar-refractivity contribution < 1.29 is 19.1 Å². The topological polar surface area (TPSA) is 52.6 Å². The van der Waals surface area contributed by atoms with E-state index in [-0.39, 0.29) is 11.4 Å². The summed E-state index contributed by atoms with van der Waals surface area (Å²) < 4.78 is 11.4. The van der Waals surface area contributed by atoms with E-state index in [4.69, 9.17) is 9.47 Å². The molecule has 0 fully saturated rings. The number of benzene rings is 2. The van der Waals surface area contributed by atoms with Gasteiger partial charge in [-0.05, 0) is 60.9 Å². The number of aryl methyl sites for hydroxylation is 2. The second-order valence-electron chi connectivity index (χ2n) is 9.74. The largest absolute Gasteiger partial charge is 0.466 e. The van der Waals surface area contributed by atoms with Crippen LogP contribution >= 0.6 is 0 Å². The molecule has 4 nitrogen and oxygen atoms in total. The minimum atomic E-state index is -0.472. The summed E-state index contributed by atoms with van der Waals surface area (Å²) in [5.41, 5.74) is 4.27. The second kappa shape index (κ2) is 12.0. The molecule has 0 aliphatic heterocycles. The number of hydrogen-bond acceptors (Lipinski definition) is 4. The number of rotatable bonds is 10. The number of carbonyl (C=O) groups excluding carboxylic acids is 2. The highest BCUT2D eigenvalue weighted by Gasteiger charge is 2.29. The predicted octanol–water partition coefficient (Wildman–Crippen LogP) is 7.30. The predicted molar refractivity (Wildman–Crippen MR) is 134 cm³/mol. The van der Waals surface area contributed by atoms with Gasteiger partial charge in [0.05, 0.1) is 18.1 Å². The summed E-state index contributed by atoms with van der Waals surface area (Å²) in [6, 6.07) is 11.6. The Kier molecular flexibility index (Phi) is 9.70. The highest BCUT2D eigenvalue weighted by molar-refractivity contribution is 5.92. The van der Waals surface area contributed by atoms with Crippen molar-refractivity contribution in [3.05, 3.63) is 64.2 Å². The van der Waals surface area contributed by atoms with Crippen molar-refractivity contribution in [3.63, 3.8) is 0 Å². The molecule has 0 aromatic heterocycles. The molecule has 0 aliphatic rings. The van der Waals surface area contributed by atoms with Crippen LogP contribution in [0.5, 0.6) is 5.75 Å². The van der Waals surface area contributed by atoms with Crippen LogP contribution in [0.15, 0.2) is 36.4 Å². The smallest absolute Gasteiger partial charge is 0.343 e. The first kappa shape index (κ1) is 26.6. The molecule has 2 aromatic carbocycles. The third kappa shape index (κ3) is 7.18. The van der Waals surface area contributed by atoms with Crippen LogP contribution < -0.4 is 4.74 Å². The maximum Gasteiger partial charge on any atom is 0.343 e. The first-order chi connectivity index (χ1) is 15.6. The maximum atomic E-state index is 13.1. The quantitative estimate of drug-likeness (QED) is 0.280. The van der Waals surface area contributed by atoms with Crippen molar-refractivity contribution in [3.8, 4) is 5.75 Å². The summed E-state index contributed by atoms with van der Waals surface area (Å²) in [6.07, 6.45) is 4.53. The fraction of sp³-hybridized carbons (Fsp3) is 0.517. The monoisotopic (exact) mass is 452 g/mol. The van der Waals surface area contributed by atoms with Gasteiger partial charge in [0.15, 0.2) is 0 Å². The van der Waals surface area contributed by atoms with Gasteiger partial charge in [0.2, 0.25) is 0 Å². The van der Waals surface area contributed by atoms with Gasteiger partial charge in [-0.1, -0.05) is 78.1 Å². The lowest BCUT2D eigenvalue weighted by molar-refractivity contribution is -0.145. The van der Waals surface area contributed by atoms with Crippen molar-refractivity contribution >= 4 is 11.9 Å². The van der Waals surface area contributed by atoms with Gasteiger partial charge < -0.3 is 9.47 Å². The summed E-state index contributed by atoms with van der Waals surface area (Å²) in [6.45, 7) is 14.7. The molecule has 0 bridgehead atoms. The minimum absolute atomic E-state index is 0.110. The first-order valence-corrected chi connectivity index (χ1v) is 12.2. The Bertz CT molecular complexity index is 935. The Morgan fingerprint density at radius 3 is 2.18 bits per heavy atom. The zero-order valence-corrected chi connectivity index (χ0v) is 21.4. The number of esters is 2. The number of carbonyl (C=O) groups is 2. The average molecular weight is 453 g/mol. The average Bonchev–Trinajstić information content (AvgIpc) is 2.76. The molecular weight excluding hydrogens is 412 g/mol. The molecular formula is C29H40O4. The second-order valence-corrected chi connectivity index (χ2v) is 9.74. The molecule has 1 atom stereocenters. The van der Waals surface area contributed by atoms with Crippen LogP contribution in [0.2, 0.25) is 0 Å². The first-order valence-electron chi connectivity index (χ1n) is 12.2. The third-order valence-corrected chi connectivity index (χ3v) is 5.89. The third-order valence-electron chi connectivity index (χ3n) is 5.89. The highest BCUT2D eigenvalue weighted by Crippen LogP contribution is 2.38. The van der Waals surface area contributed by atoms with Crippen molar-refractivity contribution in [2.45, 2.75) is 91.9 Å². The van der Waals surface area contributed by atoms with E-state index in [0.29, 0.717) is 24.3 Å². The molecule has 0 saturated heterocycles. The molecule has 33 heavy (non-hydrogen) atoms. The minimum Gasteiger partial charge on any atom is -0.466 e. The molecule has 2 rings (SSSR count). The Balaban J connectivity index is 2.52. The molecule has 0 N–H and O–H groups in total. The number of hydrogen-bond donors (Lipinski definition) is 0. The van der Waals surface area contributed by atoms with Crippen LogP contribution in [-0.2, 0) is 21.4 Å². The van der Waals surface area contributed by atoms with E-state index < -0.39 is 11.9 Å². The summed E-state index contributed by atoms with van der Waals surface area (Å²) in [5.74, 6) is -0.679. The zero-order valence-electron chi connectivity index (χ0n) is 21.4. The zero-order chi connectivity index (χ0) is 24.6. The van der Waals surface area contributed by atoms with Crippen molar-refractivity contribution in [1.82, 2.24) is 0 Å². The fourth-order valence-electron chi connectivity index (χ4n) is 3.93. The number of unbranched alkanes of at least 4 members (excludes halogenated alkanes) is 1. The lowest BCUT2D eigenvalue weighted by atomic mass is 9.82. The van der Waals surface area contributed by atoms with E-state index in [1.165, 1.54) is 5.56 Å². The van der Waals surface area contributed by atoms with Gasteiger partial charge in [-0.15, -0.1) is 0 Å². The van der Waals surface area contributed by atoms with Crippen LogP contribution in [0.3, 0.4) is 0 Å². The van der Waals surface area contributed by atoms with Crippen LogP contribution in [0, 0.1) is 6.92 Å². The highest BCUT2D eigenvalue weighted by atomic mass is 16.5. The van der Waals surface area contributed by atoms with E-state index >= 15 is 0 Å². The Labute approximate surface area is 199 Å². The maximum absolute atomic E-state index is 13.1. The summed E-state index contributed by atoms with van der Waals surface area (Å²) >= 11 is 0. The normalized spacial score (nSPS) is 12.3. The van der Waals surface area contributed by atoms with Crippen LogP contribution in [-0.4, -0.2) is 18.5 Å². The molecule has 0 heterocycles. The van der Waals surface area contributed by atoms with E-state index in [1.807, 2.05) is 44.2 Å². The van der Waals surface area contributed by atoms with Crippen LogP contribution in [0.4, 0.5) is 0 Å². The van der Waals surface area contributed by atoms with Gasteiger partial charge in [0.25, 0.3) is 0 Å². The van der Waals surface area contributed by atoms with Gasteiger partial charge >= 0.3 is 11.9 Å². The molecule has 1 unspecified atom stereocenters. The van der Waals surface area contributed by atoms with Gasteiger partial charge in [-0.2, -0.15) is 0 Å². The van der Waals surface area contributed by atoms with E-state index in [2.05, 4.69) is 40.7 Å². The lowest BCUT2D eigenvalue weighted by Gasteiger charge is -2.26. The summed E-state index contributed by atoms with van der Waals surface area (Å²) in [5, 5.41) is 0. The number of ether oxygens (including phenoxy) is 2. The van der Waals surface area contributed by atoms with Crippen LogP contribution in [0.1, 0.15) is 106 Å². The van der Waals surface area contributed by atoms with Crippen molar-refractivity contribution in [2.24, 2.45) is 0 Å².